The van der Waals surface area contributed by atoms with Gasteiger partial charge in [-0.1, -0.05) is 104 Å². The normalized spacial score (nSPS) is 12.5. The molecule has 168 valence electrons. The fourth-order valence-corrected chi connectivity index (χ4v) is 3.47. The van der Waals surface area contributed by atoms with E-state index in [1.165, 1.54) is 83.5 Å². The second kappa shape index (κ2) is 21.1. The van der Waals surface area contributed by atoms with E-state index >= 15 is 0 Å². The van der Waals surface area contributed by atoms with Crippen LogP contribution in [-0.4, -0.2) is 35.1 Å². The van der Waals surface area contributed by atoms with E-state index in [0.717, 1.165) is 19.3 Å². The first-order chi connectivity index (χ1) is 13.6. The van der Waals surface area contributed by atoms with E-state index < -0.39 is 6.29 Å². The van der Waals surface area contributed by atoms with Crippen LogP contribution in [0.1, 0.15) is 123 Å². The number of amides is 1. The average molecular weight is 401 g/mol. The minimum atomic E-state index is -1.39. The SMILES string of the molecule is CCCCCCCCCCCCCCCCCC(=O)NC(CC)NCC(O)O. The van der Waals surface area contributed by atoms with Gasteiger partial charge in [0.05, 0.1) is 6.17 Å². The predicted molar refractivity (Wildman–Crippen MR) is 118 cm³/mol. The highest BCUT2D eigenvalue weighted by molar-refractivity contribution is 5.76. The van der Waals surface area contributed by atoms with Crippen LogP contribution in [0.3, 0.4) is 0 Å². The topological polar surface area (TPSA) is 81.6 Å². The molecule has 0 bridgehead atoms. The Morgan fingerprint density at radius 3 is 1.54 bits per heavy atom. The number of aliphatic hydroxyl groups excluding tert-OH is 1. The van der Waals surface area contributed by atoms with Crippen molar-refractivity contribution >= 4 is 5.91 Å². The van der Waals surface area contributed by atoms with E-state index in [9.17, 15) is 4.79 Å². The summed E-state index contributed by atoms with van der Waals surface area (Å²) in [7, 11) is 0. The van der Waals surface area contributed by atoms with Gasteiger partial charge in [0.1, 0.15) is 0 Å². The molecular formula is C23H48N2O3. The van der Waals surface area contributed by atoms with Gasteiger partial charge in [-0.25, -0.2) is 0 Å². The van der Waals surface area contributed by atoms with Gasteiger partial charge in [-0.15, -0.1) is 0 Å². The van der Waals surface area contributed by atoms with Crippen LogP contribution >= 0.6 is 0 Å². The Hall–Kier alpha value is -0.650. The van der Waals surface area contributed by atoms with Crippen molar-refractivity contribution in [2.75, 3.05) is 6.54 Å². The Balaban J connectivity index is 3.32. The maximum absolute atomic E-state index is 11.9. The lowest BCUT2D eigenvalue weighted by atomic mass is 10.0. The molecule has 0 aromatic rings. The van der Waals surface area contributed by atoms with Crippen molar-refractivity contribution in [2.45, 2.75) is 135 Å². The Morgan fingerprint density at radius 1 is 0.714 bits per heavy atom. The number of unbranched alkanes of at least 4 members (excludes halogenated alkanes) is 14. The maximum atomic E-state index is 11.9. The van der Waals surface area contributed by atoms with Crippen LogP contribution in [-0.2, 0) is 4.79 Å². The molecule has 0 heterocycles. The molecule has 0 saturated carbocycles. The Bertz CT molecular complexity index is 338. The number of hydrogen-bond acceptors (Lipinski definition) is 4. The van der Waals surface area contributed by atoms with Gasteiger partial charge >= 0.3 is 0 Å². The van der Waals surface area contributed by atoms with Crippen LogP contribution in [0.25, 0.3) is 0 Å². The fraction of sp³-hybridized carbons (Fsp3) is 0.957. The van der Waals surface area contributed by atoms with Crippen molar-refractivity contribution < 1.29 is 15.0 Å². The molecule has 0 saturated heterocycles. The quantitative estimate of drug-likeness (QED) is 0.161. The highest BCUT2D eigenvalue weighted by Gasteiger charge is 2.10. The minimum Gasteiger partial charge on any atom is -0.367 e. The lowest BCUT2D eigenvalue weighted by Gasteiger charge is -2.19. The molecule has 1 amide bonds. The molecule has 4 N–H and O–H groups in total. The first-order valence-electron chi connectivity index (χ1n) is 12.0. The smallest absolute Gasteiger partial charge is 0.221 e. The van der Waals surface area contributed by atoms with Crippen molar-refractivity contribution in [3.63, 3.8) is 0 Å². The highest BCUT2D eigenvalue weighted by Crippen LogP contribution is 2.13. The van der Waals surface area contributed by atoms with Crippen molar-refractivity contribution in [1.82, 2.24) is 10.6 Å². The van der Waals surface area contributed by atoms with E-state index in [4.69, 9.17) is 10.2 Å². The third-order valence-electron chi connectivity index (χ3n) is 5.30. The van der Waals surface area contributed by atoms with Gasteiger partial charge in [0.15, 0.2) is 6.29 Å². The predicted octanol–water partition coefficient (Wildman–Crippen LogP) is 5.00. The summed E-state index contributed by atoms with van der Waals surface area (Å²) < 4.78 is 0. The number of hydrogen-bond donors (Lipinski definition) is 4. The van der Waals surface area contributed by atoms with E-state index in [2.05, 4.69) is 17.6 Å². The molecule has 5 nitrogen and oxygen atoms in total. The summed E-state index contributed by atoms with van der Waals surface area (Å²) in [5.74, 6) is 0.0430. The molecule has 0 aromatic carbocycles. The molecule has 0 spiro atoms. The molecule has 0 fully saturated rings. The number of carbonyl (C=O) groups excluding carboxylic acids is 1. The minimum absolute atomic E-state index is 0.0430. The second-order valence-electron chi connectivity index (χ2n) is 8.12. The molecule has 1 unspecified atom stereocenters. The summed E-state index contributed by atoms with van der Waals surface area (Å²) in [5.41, 5.74) is 0. The molecule has 0 aliphatic heterocycles. The number of carbonyl (C=O) groups is 1. The van der Waals surface area contributed by atoms with Gasteiger partial charge < -0.3 is 15.5 Å². The number of nitrogens with one attached hydrogen (secondary N) is 2. The Kier molecular flexibility index (Phi) is 20.6. The first-order valence-corrected chi connectivity index (χ1v) is 12.0. The van der Waals surface area contributed by atoms with Crippen LogP contribution in [0.2, 0.25) is 0 Å². The Labute approximate surface area is 174 Å². The van der Waals surface area contributed by atoms with Crippen LogP contribution < -0.4 is 10.6 Å². The molecule has 0 aliphatic rings. The lowest BCUT2D eigenvalue weighted by Crippen LogP contribution is -2.47. The summed E-state index contributed by atoms with van der Waals surface area (Å²) in [6.07, 6.45) is 19.5. The molecule has 0 rings (SSSR count). The first kappa shape index (κ1) is 27.4. The molecular weight excluding hydrogens is 352 g/mol. The molecule has 28 heavy (non-hydrogen) atoms. The van der Waals surface area contributed by atoms with E-state index in [1.807, 2.05) is 6.92 Å². The van der Waals surface area contributed by atoms with Crippen LogP contribution in [0.4, 0.5) is 0 Å². The van der Waals surface area contributed by atoms with Crippen molar-refractivity contribution in [3.8, 4) is 0 Å². The summed E-state index contributed by atoms with van der Waals surface area (Å²) in [6, 6.07) is 0. The zero-order chi connectivity index (χ0) is 20.9. The zero-order valence-corrected chi connectivity index (χ0v) is 18.7. The summed E-state index contributed by atoms with van der Waals surface area (Å²) >= 11 is 0. The molecule has 1 atom stereocenters. The largest absolute Gasteiger partial charge is 0.367 e. The molecule has 0 aromatic heterocycles. The third kappa shape index (κ3) is 20.1. The van der Waals surface area contributed by atoms with Crippen molar-refractivity contribution in [3.05, 3.63) is 0 Å². The van der Waals surface area contributed by atoms with Crippen LogP contribution in [0.5, 0.6) is 0 Å². The summed E-state index contributed by atoms with van der Waals surface area (Å²) in [6.45, 7) is 4.29. The number of aliphatic hydroxyl groups is 2. The average Bonchev–Trinajstić information content (AvgIpc) is 2.68. The van der Waals surface area contributed by atoms with Crippen molar-refractivity contribution in [2.24, 2.45) is 0 Å². The zero-order valence-electron chi connectivity index (χ0n) is 18.7. The summed E-state index contributed by atoms with van der Waals surface area (Å²) in [5, 5.41) is 23.5. The molecule has 0 radical (unpaired) electrons. The third-order valence-corrected chi connectivity index (χ3v) is 5.30. The maximum Gasteiger partial charge on any atom is 0.221 e. The van der Waals surface area contributed by atoms with E-state index in [-0.39, 0.29) is 18.6 Å². The van der Waals surface area contributed by atoms with Gasteiger partial charge in [0.25, 0.3) is 0 Å². The monoisotopic (exact) mass is 400 g/mol. The standard InChI is InChI=1S/C23H48N2O3/c1-3-5-6-7-8-9-10-11-12-13-14-15-16-17-18-19-22(26)25-21(4-2)24-20-23(27)28/h21,23-24,27-28H,3-20H2,1-2H3,(H,25,26). The highest BCUT2D eigenvalue weighted by atomic mass is 16.5. The lowest BCUT2D eigenvalue weighted by molar-refractivity contribution is -0.122. The van der Waals surface area contributed by atoms with E-state index in [1.54, 1.807) is 0 Å². The molecule has 0 aliphatic carbocycles. The second-order valence-corrected chi connectivity index (χ2v) is 8.12. The summed E-state index contributed by atoms with van der Waals surface area (Å²) in [4.78, 5) is 11.9. The van der Waals surface area contributed by atoms with Gasteiger partial charge in [-0.05, 0) is 12.8 Å². The number of rotatable bonds is 21. The van der Waals surface area contributed by atoms with Gasteiger partial charge in [-0.2, -0.15) is 0 Å². The van der Waals surface area contributed by atoms with Gasteiger partial charge in [0, 0.05) is 13.0 Å². The molecule has 5 heteroatoms. The van der Waals surface area contributed by atoms with Crippen LogP contribution in [0.15, 0.2) is 0 Å². The van der Waals surface area contributed by atoms with Gasteiger partial charge in [-0.3, -0.25) is 10.1 Å². The Morgan fingerprint density at radius 2 is 1.14 bits per heavy atom. The fourth-order valence-electron chi connectivity index (χ4n) is 3.47. The van der Waals surface area contributed by atoms with Crippen molar-refractivity contribution in [1.29, 1.82) is 0 Å². The van der Waals surface area contributed by atoms with Crippen LogP contribution in [0, 0.1) is 0 Å². The van der Waals surface area contributed by atoms with Gasteiger partial charge in [0.2, 0.25) is 5.91 Å². The van der Waals surface area contributed by atoms with E-state index in [0.29, 0.717) is 6.42 Å².